The van der Waals surface area contributed by atoms with Crippen LogP contribution in [0.1, 0.15) is 18.9 Å². The fraction of sp³-hybridized carbons (Fsp3) is 0.500. The van der Waals surface area contributed by atoms with Crippen molar-refractivity contribution in [3.63, 3.8) is 0 Å². The first-order valence-electron chi connectivity index (χ1n) is 5.59. The second kappa shape index (κ2) is 6.98. The number of nitrogens with zero attached hydrogens (tertiary/aromatic N) is 1. The molecule has 1 aromatic rings. The van der Waals surface area contributed by atoms with Crippen molar-refractivity contribution in [3.05, 3.63) is 23.9 Å². The van der Waals surface area contributed by atoms with Gasteiger partial charge in [0, 0.05) is 32.9 Å². The predicted octanol–water partition coefficient (Wildman–Crippen LogP) is 1.15. The molecule has 0 saturated carbocycles. The summed E-state index contributed by atoms with van der Waals surface area (Å²) < 4.78 is 4.98. The minimum atomic E-state index is -0.0532. The van der Waals surface area contributed by atoms with Crippen LogP contribution in [0.15, 0.2) is 18.3 Å². The van der Waals surface area contributed by atoms with E-state index in [1.54, 1.807) is 19.4 Å². The molecule has 0 aromatic carbocycles. The quantitative estimate of drug-likeness (QED) is 0.778. The summed E-state index contributed by atoms with van der Waals surface area (Å²) in [5.41, 5.74) is 6.40. The van der Waals surface area contributed by atoms with Crippen LogP contribution in [0.5, 0.6) is 0 Å². The Morgan fingerprint density at radius 1 is 1.59 bits per heavy atom. The van der Waals surface area contributed by atoms with Crippen molar-refractivity contribution in [1.29, 1.82) is 0 Å². The van der Waals surface area contributed by atoms with Gasteiger partial charge >= 0.3 is 0 Å². The molecule has 1 unspecified atom stereocenters. The van der Waals surface area contributed by atoms with E-state index < -0.39 is 0 Å². The largest absolute Gasteiger partial charge is 0.384 e. The van der Waals surface area contributed by atoms with Gasteiger partial charge in [-0.05, 0) is 17.5 Å². The van der Waals surface area contributed by atoms with Crippen molar-refractivity contribution >= 4 is 11.7 Å². The molecular weight excluding hydrogens is 218 g/mol. The average molecular weight is 237 g/mol. The van der Waals surface area contributed by atoms with Gasteiger partial charge in [-0.3, -0.25) is 4.79 Å². The Bertz CT molecular complexity index is 351. The van der Waals surface area contributed by atoms with Gasteiger partial charge in [0.25, 0.3) is 0 Å². The van der Waals surface area contributed by atoms with Gasteiger partial charge in [-0.15, -0.1) is 0 Å². The number of nitrogens with two attached hydrogens (primary N) is 1. The lowest BCUT2D eigenvalue weighted by Gasteiger charge is -2.10. The normalized spacial score (nSPS) is 12.2. The van der Waals surface area contributed by atoms with E-state index in [2.05, 4.69) is 10.3 Å². The van der Waals surface area contributed by atoms with Gasteiger partial charge in [0.2, 0.25) is 5.91 Å². The van der Waals surface area contributed by atoms with Gasteiger partial charge < -0.3 is 15.8 Å². The molecule has 94 valence electrons. The van der Waals surface area contributed by atoms with Crippen LogP contribution in [0.3, 0.4) is 0 Å². The Balaban J connectivity index is 2.44. The molecule has 0 aliphatic heterocycles. The number of carbonyl (C=O) groups is 1. The van der Waals surface area contributed by atoms with Crippen molar-refractivity contribution in [1.82, 2.24) is 4.98 Å². The minimum absolute atomic E-state index is 0.0532. The van der Waals surface area contributed by atoms with E-state index >= 15 is 0 Å². The van der Waals surface area contributed by atoms with Crippen LogP contribution >= 0.6 is 0 Å². The first-order valence-corrected chi connectivity index (χ1v) is 5.59. The van der Waals surface area contributed by atoms with Crippen LogP contribution in [0, 0.1) is 5.92 Å². The molecule has 0 spiro atoms. The van der Waals surface area contributed by atoms with Crippen LogP contribution in [0.25, 0.3) is 0 Å². The van der Waals surface area contributed by atoms with Gasteiger partial charge in [0.1, 0.15) is 5.82 Å². The molecule has 0 radical (unpaired) electrons. The zero-order valence-electron chi connectivity index (χ0n) is 10.3. The number of carbonyl (C=O) groups excluding carboxylic acids is 1. The average Bonchev–Trinajstić information content (AvgIpc) is 2.30. The van der Waals surface area contributed by atoms with Gasteiger partial charge in [-0.1, -0.05) is 13.0 Å². The van der Waals surface area contributed by atoms with Crippen molar-refractivity contribution in [2.45, 2.75) is 19.9 Å². The van der Waals surface area contributed by atoms with E-state index in [4.69, 9.17) is 10.5 Å². The molecule has 1 amide bonds. The summed E-state index contributed by atoms with van der Waals surface area (Å²) in [7, 11) is 1.63. The van der Waals surface area contributed by atoms with Crippen molar-refractivity contribution in [2.24, 2.45) is 11.7 Å². The zero-order chi connectivity index (χ0) is 12.7. The fourth-order valence-corrected chi connectivity index (χ4v) is 1.47. The molecule has 3 N–H and O–H groups in total. The van der Waals surface area contributed by atoms with Crippen LogP contribution in [0.2, 0.25) is 0 Å². The topological polar surface area (TPSA) is 77.2 Å². The highest BCUT2D eigenvalue weighted by atomic mass is 16.5. The Kier molecular flexibility index (Phi) is 5.59. The molecule has 0 fully saturated rings. The number of pyridine rings is 1. The van der Waals surface area contributed by atoms with Gasteiger partial charge in [0.05, 0.1) is 0 Å². The molecule has 5 nitrogen and oxygen atoms in total. The Morgan fingerprint density at radius 2 is 2.35 bits per heavy atom. The molecule has 0 saturated heterocycles. The molecule has 1 atom stereocenters. The highest BCUT2D eigenvalue weighted by Gasteiger charge is 2.09. The van der Waals surface area contributed by atoms with Crippen molar-refractivity contribution in [3.8, 4) is 0 Å². The van der Waals surface area contributed by atoms with E-state index in [0.29, 0.717) is 25.4 Å². The summed E-state index contributed by atoms with van der Waals surface area (Å²) >= 11 is 0. The summed E-state index contributed by atoms with van der Waals surface area (Å²) in [5, 5.41) is 2.74. The van der Waals surface area contributed by atoms with Gasteiger partial charge in [-0.2, -0.15) is 0 Å². The lowest BCUT2D eigenvalue weighted by Crippen LogP contribution is -2.18. The number of anilines is 1. The van der Waals surface area contributed by atoms with Crippen molar-refractivity contribution in [2.75, 3.05) is 19.0 Å². The third kappa shape index (κ3) is 4.93. The third-order valence-corrected chi connectivity index (χ3v) is 2.31. The summed E-state index contributed by atoms with van der Waals surface area (Å²) in [6.07, 6.45) is 2.09. The lowest BCUT2D eigenvalue weighted by atomic mass is 10.1. The molecule has 1 heterocycles. The SMILES string of the molecule is COCC(C)CC(=O)Nc1ccc(CN)cn1. The highest BCUT2D eigenvalue weighted by molar-refractivity contribution is 5.89. The number of nitrogens with one attached hydrogen (secondary N) is 1. The van der Waals surface area contributed by atoms with E-state index in [0.717, 1.165) is 5.56 Å². The zero-order valence-corrected chi connectivity index (χ0v) is 10.3. The Hall–Kier alpha value is -1.46. The number of rotatable bonds is 6. The number of hydrogen-bond donors (Lipinski definition) is 2. The van der Waals surface area contributed by atoms with Crippen molar-refractivity contribution < 1.29 is 9.53 Å². The molecule has 17 heavy (non-hydrogen) atoms. The van der Waals surface area contributed by atoms with Gasteiger partial charge in [-0.25, -0.2) is 4.98 Å². The second-order valence-electron chi connectivity index (χ2n) is 4.07. The number of amides is 1. The fourth-order valence-electron chi connectivity index (χ4n) is 1.47. The summed E-state index contributed by atoms with van der Waals surface area (Å²) in [6, 6.07) is 3.60. The molecular formula is C12H19N3O2. The second-order valence-corrected chi connectivity index (χ2v) is 4.07. The van der Waals surface area contributed by atoms with E-state index in [1.165, 1.54) is 0 Å². The third-order valence-electron chi connectivity index (χ3n) is 2.31. The lowest BCUT2D eigenvalue weighted by molar-refractivity contribution is -0.117. The van der Waals surface area contributed by atoms with E-state index in [1.807, 2.05) is 13.0 Å². The first kappa shape index (κ1) is 13.6. The molecule has 1 aromatic heterocycles. The molecule has 0 aliphatic carbocycles. The van der Waals surface area contributed by atoms with Crippen LogP contribution in [0.4, 0.5) is 5.82 Å². The minimum Gasteiger partial charge on any atom is -0.384 e. The van der Waals surface area contributed by atoms with Crippen LogP contribution in [-0.2, 0) is 16.1 Å². The summed E-state index contributed by atoms with van der Waals surface area (Å²) in [4.78, 5) is 15.7. The predicted molar refractivity (Wildman–Crippen MR) is 66.4 cm³/mol. The summed E-state index contributed by atoms with van der Waals surface area (Å²) in [5.74, 6) is 0.697. The van der Waals surface area contributed by atoms with Crippen LogP contribution < -0.4 is 11.1 Å². The van der Waals surface area contributed by atoms with E-state index in [9.17, 15) is 4.79 Å². The molecule has 1 rings (SSSR count). The molecule has 0 aliphatic rings. The molecule has 0 bridgehead atoms. The smallest absolute Gasteiger partial charge is 0.225 e. The first-order chi connectivity index (χ1) is 8.15. The summed E-state index contributed by atoms with van der Waals surface area (Å²) in [6.45, 7) is 2.99. The number of ether oxygens (including phenoxy) is 1. The van der Waals surface area contributed by atoms with Crippen LogP contribution in [-0.4, -0.2) is 24.6 Å². The number of methoxy groups -OCH3 is 1. The number of aromatic nitrogens is 1. The maximum absolute atomic E-state index is 11.6. The maximum atomic E-state index is 11.6. The standard InChI is InChI=1S/C12H19N3O2/c1-9(8-17-2)5-12(16)15-11-4-3-10(6-13)7-14-11/h3-4,7,9H,5-6,8,13H2,1-2H3,(H,14,15,16). The number of hydrogen-bond acceptors (Lipinski definition) is 4. The van der Waals surface area contributed by atoms with Gasteiger partial charge in [0.15, 0.2) is 0 Å². The monoisotopic (exact) mass is 237 g/mol. The molecule has 5 heteroatoms. The maximum Gasteiger partial charge on any atom is 0.225 e. The Labute approximate surface area is 101 Å². The highest BCUT2D eigenvalue weighted by Crippen LogP contribution is 2.07. The Morgan fingerprint density at radius 3 is 2.88 bits per heavy atom. The van der Waals surface area contributed by atoms with E-state index in [-0.39, 0.29) is 11.8 Å².